The molecule has 2 nitrogen and oxygen atoms in total. The summed E-state index contributed by atoms with van der Waals surface area (Å²) < 4.78 is 2.07. The number of aromatic hydroxyl groups is 1. The van der Waals surface area contributed by atoms with Gasteiger partial charge in [-0.15, -0.1) is 0 Å². The number of hydrogen-bond donors (Lipinski definition) is 2. The summed E-state index contributed by atoms with van der Waals surface area (Å²) in [5.74, 6) is 0.298. The van der Waals surface area contributed by atoms with Gasteiger partial charge >= 0.3 is 0 Å². The van der Waals surface area contributed by atoms with Gasteiger partial charge in [-0.25, -0.2) is 0 Å². The van der Waals surface area contributed by atoms with Crippen molar-refractivity contribution in [1.82, 2.24) is 4.57 Å². The third-order valence-corrected chi connectivity index (χ3v) is 2.48. The molecule has 1 heterocycles. The first-order valence-corrected chi connectivity index (χ1v) is 4.96. The minimum absolute atomic E-state index is 0.223. The van der Waals surface area contributed by atoms with Gasteiger partial charge in [0.15, 0.2) is 0 Å². The number of hydrogen-bond acceptors (Lipinski definition) is 2. The van der Waals surface area contributed by atoms with E-state index in [1.165, 1.54) is 0 Å². The summed E-state index contributed by atoms with van der Waals surface area (Å²) in [7, 11) is 0. The van der Waals surface area contributed by atoms with Crippen molar-refractivity contribution < 1.29 is 5.11 Å². The molecule has 74 valence electrons. The van der Waals surface area contributed by atoms with E-state index in [-0.39, 0.29) is 4.87 Å². The summed E-state index contributed by atoms with van der Waals surface area (Å²) in [4.78, 5) is -0.223. The predicted molar refractivity (Wildman–Crippen MR) is 61.9 cm³/mol. The molecule has 1 aromatic heterocycles. The van der Waals surface area contributed by atoms with Gasteiger partial charge in [0.1, 0.15) is 5.75 Å². The molecule has 3 heteroatoms. The SMILES string of the molecule is CC(C)(S)n1ccc2cc(O)ccc21. The molecular formula is C11H13NOS. The lowest BCUT2D eigenvalue weighted by atomic mass is 10.2. The average molecular weight is 207 g/mol. The van der Waals surface area contributed by atoms with Crippen LogP contribution in [-0.2, 0) is 4.87 Å². The van der Waals surface area contributed by atoms with E-state index in [2.05, 4.69) is 17.2 Å². The number of phenolic OH excluding ortho intramolecular Hbond substituents is 1. The highest BCUT2D eigenvalue weighted by Gasteiger charge is 2.15. The summed E-state index contributed by atoms with van der Waals surface area (Å²) in [6, 6.07) is 7.33. The zero-order valence-electron chi connectivity index (χ0n) is 8.23. The number of nitrogens with zero attached hydrogens (tertiary/aromatic N) is 1. The predicted octanol–water partition coefficient (Wildman–Crippen LogP) is 2.97. The molecule has 2 aromatic rings. The van der Waals surface area contributed by atoms with Crippen molar-refractivity contribution >= 4 is 23.5 Å². The molecule has 0 aliphatic carbocycles. The molecule has 0 saturated heterocycles. The van der Waals surface area contributed by atoms with Gasteiger partial charge in [-0.05, 0) is 38.1 Å². The Morgan fingerprint density at radius 2 is 2.00 bits per heavy atom. The molecular weight excluding hydrogens is 194 g/mol. The lowest BCUT2D eigenvalue weighted by Gasteiger charge is -2.21. The lowest BCUT2D eigenvalue weighted by Crippen LogP contribution is -2.17. The van der Waals surface area contributed by atoms with E-state index in [0.29, 0.717) is 5.75 Å². The average Bonchev–Trinajstić information content (AvgIpc) is 2.45. The molecule has 14 heavy (non-hydrogen) atoms. The minimum Gasteiger partial charge on any atom is -0.508 e. The van der Waals surface area contributed by atoms with Crippen LogP contribution < -0.4 is 0 Å². The summed E-state index contributed by atoms with van der Waals surface area (Å²) >= 11 is 4.51. The first-order chi connectivity index (χ1) is 6.48. The Labute approximate surface area is 88.6 Å². The van der Waals surface area contributed by atoms with Crippen LogP contribution in [0.25, 0.3) is 10.9 Å². The standard InChI is InChI=1S/C11H13NOS/c1-11(2,14)12-6-5-8-7-9(13)3-4-10(8)12/h3-7,13-14H,1-2H3. The monoisotopic (exact) mass is 207 g/mol. The van der Waals surface area contributed by atoms with E-state index < -0.39 is 0 Å². The Hall–Kier alpha value is -1.09. The molecule has 2 rings (SSSR count). The van der Waals surface area contributed by atoms with Crippen molar-refractivity contribution in [3.63, 3.8) is 0 Å². The Balaban J connectivity index is 2.70. The van der Waals surface area contributed by atoms with Crippen molar-refractivity contribution in [2.75, 3.05) is 0 Å². The molecule has 0 spiro atoms. The maximum absolute atomic E-state index is 9.31. The Bertz CT molecular complexity index is 468. The van der Waals surface area contributed by atoms with Gasteiger partial charge in [0.2, 0.25) is 0 Å². The number of fused-ring (bicyclic) bond motifs is 1. The van der Waals surface area contributed by atoms with Crippen molar-refractivity contribution in [2.24, 2.45) is 0 Å². The molecule has 0 aliphatic heterocycles. The first kappa shape index (κ1) is 9.46. The highest BCUT2D eigenvalue weighted by Crippen LogP contribution is 2.28. The van der Waals surface area contributed by atoms with E-state index in [1.54, 1.807) is 12.1 Å². The van der Waals surface area contributed by atoms with Crippen LogP contribution in [0.1, 0.15) is 13.8 Å². The fourth-order valence-corrected chi connectivity index (χ4v) is 1.78. The third-order valence-electron chi connectivity index (χ3n) is 2.26. The van der Waals surface area contributed by atoms with E-state index in [9.17, 15) is 5.11 Å². The molecule has 1 N–H and O–H groups in total. The van der Waals surface area contributed by atoms with Gasteiger partial charge in [-0.3, -0.25) is 0 Å². The van der Waals surface area contributed by atoms with Crippen LogP contribution in [0.15, 0.2) is 30.5 Å². The third kappa shape index (κ3) is 1.48. The zero-order chi connectivity index (χ0) is 10.3. The van der Waals surface area contributed by atoms with Gasteiger partial charge in [0.25, 0.3) is 0 Å². The van der Waals surface area contributed by atoms with Gasteiger partial charge < -0.3 is 9.67 Å². The summed E-state index contributed by atoms with van der Waals surface area (Å²) in [6.07, 6.45) is 1.98. The van der Waals surface area contributed by atoms with Crippen molar-refractivity contribution in [3.8, 4) is 5.75 Å². The smallest absolute Gasteiger partial charge is 0.116 e. The number of aromatic nitrogens is 1. The zero-order valence-corrected chi connectivity index (χ0v) is 9.12. The van der Waals surface area contributed by atoms with Gasteiger partial charge in [-0.2, -0.15) is 12.6 Å². The number of benzene rings is 1. The van der Waals surface area contributed by atoms with Crippen molar-refractivity contribution in [1.29, 1.82) is 0 Å². The topological polar surface area (TPSA) is 25.2 Å². The number of thiol groups is 1. The fraction of sp³-hybridized carbons (Fsp3) is 0.273. The maximum atomic E-state index is 9.31. The van der Waals surface area contributed by atoms with Gasteiger partial charge in [0, 0.05) is 17.1 Å². The van der Waals surface area contributed by atoms with Crippen LogP contribution in [0.2, 0.25) is 0 Å². The van der Waals surface area contributed by atoms with Crippen LogP contribution in [0, 0.1) is 0 Å². The van der Waals surface area contributed by atoms with Crippen LogP contribution in [-0.4, -0.2) is 9.67 Å². The summed E-state index contributed by atoms with van der Waals surface area (Å²) in [6.45, 7) is 4.06. The quantitative estimate of drug-likeness (QED) is 0.690. The fourth-order valence-electron chi connectivity index (χ4n) is 1.61. The molecule has 0 atom stereocenters. The lowest BCUT2D eigenvalue weighted by molar-refractivity contribution is 0.476. The molecule has 0 fully saturated rings. The highest BCUT2D eigenvalue weighted by molar-refractivity contribution is 7.81. The molecule has 0 aliphatic rings. The molecule has 0 radical (unpaired) electrons. The number of phenols is 1. The summed E-state index contributed by atoms with van der Waals surface area (Å²) in [5, 5.41) is 10.3. The van der Waals surface area contributed by atoms with Crippen molar-refractivity contribution in [3.05, 3.63) is 30.5 Å². The van der Waals surface area contributed by atoms with Crippen LogP contribution in [0.4, 0.5) is 0 Å². The highest BCUT2D eigenvalue weighted by atomic mass is 32.1. The molecule has 0 amide bonds. The first-order valence-electron chi connectivity index (χ1n) is 4.51. The van der Waals surface area contributed by atoms with Gasteiger partial charge in [-0.1, -0.05) is 0 Å². The van der Waals surface area contributed by atoms with E-state index in [0.717, 1.165) is 10.9 Å². The van der Waals surface area contributed by atoms with Crippen molar-refractivity contribution in [2.45, 2.75) is 18.7 Å². The molecule has 0 bridgehead atoms. The van der Waals surface area contributed by atoms with E-state index in [4.69, 9.17) is 0 Å². The Kier molecular flexibility index (Phi) is 2.00. The van der Waals surface area contributed by atoms with E-state index in [1.807, 2.05) is 32.2 Å². The minimum atomic E-state index is -0.223. The largest absolute Gasteiger partial charge is 0.508 e. The van der Waals surface area contributed by atoms with Gasteiger partial charge in [0.05, 0.1) is 4.87 Å². The van der Waals surface area contributed by atoms with E-state index >= 15 is 0 Å². The second kappa shape index (κ2) is 2.95. The van der Waals surface area contributed by atoms with Crippen LogP contribution >= 0.6 is 12.6 Å². The maximum Gasteiger partial charge on any atom is 0.116 e. The second-order valence-corrected chi connectivity index (χ2v) is 5.02. The Morgan fingerprint density at radius 3 is 2.64 bits per heavy atom. The normalized spacial score (nSPS) is 12.2. The van der Waals surface area contributed by atoms with Crippen LogP contribution in [0.5, 0.6) is 5.75 Å². The number of rotatable bonds is 1. The Morgan fingerprint density at radius 1 is 1.29 bits per heavy atom. The van der Waals surface area contributed by atoms with Crippen LogP contribution in [0.3, 0.4) is 0 Å². The second-order valence-electron chi connectivity index (χ2n) is 3.92. The molecule has 1 aromatic carbocycles. The molecule has 0 saturated carbocycles. The summed E-state index contributed by atoms with van der Waals surface area (Å²) in [5.41, 5.74) is 1.09. The molecule has 0 unspecified atom stereocenters.